The number of hydrogen-bond acceptors (Lipinski definition) is 3. The largest absolute Gasteiger partial charge is 0.461 e. The Balaban J connectivity index is 2.17. The Kier molecular flexibility index (Phi) is 2.55. The SMILES string of the molecule is CN(C)C1CCc2oc3ccc(N)c(F)c3c2C1. The Morgan fingerprint density at radius 2 is 2.17 bits per heavy atom. The van der Waals surface area contributed by atoms with E-state index < -0.39 is 0 Å². The number of aryl methyl sites for hydroxylation is 1. The topological polar surface area (TPSA) is 42.4 Å². The van der Waals surface area contributed by atoms with E-state index in [4.69, 9.17) is 10.2 Å². The van der Waals surface area contributed by atoms with Crippen LogP contribution < -0.4 is 5.73 Å². The van der Waals surface area contributed by atoms with Gasteiger partial charge in [-0.3, -0.25) is 0 Å². The van der Waals surface area contributed by atoms with Crippen molar-refractivity contribution >= 4 is 16.7 Å². The second-order valence-electron chi connectivity index (χ2n) is 5.21. The number of furan rings is 1. The summed E-state index contributed by atoms with van der Waals surface area (Å²) in [6.07, 6.45) is 2.75. The summed E-state index contributed by atoms with van der Waals surface area (Å²) < 4.78 is 19.9. The van der Waals surface area contributed by atoms with Gasteiger partial charge in [-0.2, -0.15) is 0 Å². The average Bonchev–Trinajstić information content (AvgIpc) is 2.71. The van der Waals surface area contributed by atoms with E-state index in [1.54, 1.807) is 12.1 Å². The average molecular weight is 248 g/mol. The number of anilines is 1. The van der Waals surface area contributed by atoms with Gasteiger partial charge in [-0.05, 0) is 39.1 Å². The predicted molar refractivity (Wildman–Crippen MR) is 70.1 cm³/mol. The standard InChI is InChI=1S/C14H17FN2O/c1-17(2)8-3-5-11-9(7-8)13-12(18-11)6-4-10(16)14(13)15/h4,6,8H,3,5,7,16H2,1-2H3. The Labute approximate surface area is 105 Å². The fraction of sp³-hybridized carbons (Fsp3) is 0.429. The van der Waals surface area contributed by atoms with Gasteiger partial charge in [0.05, 0.1) is 11.1 Å². The molecule has 0 amide bonds. The third-order valence-electron chi connectivity index (χ3n) is 3.88. The molecule has 18 heavy (non-hydrogen) atoms. The van der Waals surface area contributed by atoms with Crippen molar-refractivity contribution in [2.45, 2.75) is 25.3 Å². The van der Waals surface area contributed by atoms with E-state index in [2.05, 4.69) is 19.0 Å². The molecule has 0 aliphatic heterocycles. The second kappa shape index (κ2) is 3.99. The molecular formula is C14H17FN2O. The molecule has 1 aliphatic carbocycles. The number of hydrogen-bond donors (Lipinski definition) is 1. The number of nitrogen functional groups attached to an aromatic ring is 1. The summed E-state index contributed by atoms with van der Waals surface area (Å²) in [4.78, 5) is 2.19. The fourth-order valence-corrected chi connectivity index (χ4v) is 2.77. The summed E-state index contributed by atoms with van der Waals surface area (Å²) in [7, 11) is 4.12. The van der Waals surface area contributed by atoms with Crippen molar-refractivity contribution < 1.29 is 8.81 Å². The van der Waals surface area contributed by atoms with Crippen LogP contribution in [0.3, 0.4) is 0 Å². The number of nitrogens with zero attached hydrogens (tertiary/aromatic N) is 1. The van der Waals surface area contributed by atoms with Gasteiger partial charge in [-0.1, -0.05) is 0 Å². The van der Waals surface area contributed by atoms with Crippen LogP contribution in [0.5, 0.6) is 0 Å². The molecule has 1 aromatic heterocycles. The Hall–Kier alpha value is -1.55. The van der Waals surface area contributed by atoms with E-state index in [-0.39, 0.29) is 11.5 Å². The lowest BCUT2D eigenvalue weighted by Crippen LogP contribution is -2.33. The van der Waals surface area contributed by atoms with Gasteiger partial charge in [0.25, 0.3) is 0 Å². The molecule has 1 atom stereocenters. The summed E-state index contributed by atoms with van der Waals surface area (Å²) in [5, 5.41) is 0.580. The maximum absolute atomic E-state index is 14.1. The van der Waals surface area contributed by atoms with Crippen molar-refractivity contribution in [1.82, 2.24) is 4.90 Å². The molecule has 96 valence electrons. The van der Waals surface area contributed by atoms with Crippen molar-refractivity contribution in [1.29, 1.82) is 0 Å². The van der Waals surface area contributed by atoms with E-state index in [1.165, 1.54) is 0 Å². The lowest BCUT2D eigenvalue weighted by Gasteiger charge is -2.27. The number of likely N-dealkylation sites (N-methyl/N-ethyl adjacent to an activating group) is 1. The third-order valence-corrected chi connectivity index (χ3v) is 3.88. The molecular weight excluding hydrogens is 231 g/mol. The highest BCUT2D eigenvalue weighted by Gasteiger charge is 2.27. The van der Waals surface area contributed by atoms with Crippen molar-refractivity contribution in [2.75, 3.05) is 19.8 Å². The zero-order valence-electron chi connectivity index (χ0n) is 10.7. The van der Waals surface area contributed by atoms with Gasteiger partial charge < -0.3 is 15.1 Å². The zero-order valence-corrected chi connectivity index (χ0v) is 10.7. The van der Waals surface area contributed by atoms with Crippen LogP contribution in [0, 0.1) is 5.82 Å². The molecule has 3 nitrogen and oxygen atoms in total. The minimum Gasteiger partial charge on any atom is -0.461 e. The molecule has 1 heterocycles. The van der Waals surface area contributed by atoms with E-state index >= 15 is 0 Å². The summed E-state index contributed by atoms with van der Waals surface area (Å²) in [6.45, 7) is 0. The van der Waals surface area contributed by atoms with Crippen molar-refractivity contribution in [2.24, 2.45) is 0 Å². The Bertz CT molecular complexity index is 603. The lowest BCUT2D eigenvalue weighted by molar-refractivity contribution is 0.260. The van der Waals surface area contributed by atoms with Gasteiger partial charge in [-0.15, -0.1) is 0 Å². The first-order valence-corrected chi connectivity index (χ1v) is 6.22. The molecule has 2 N–H and O–H groups in total. The van der Waals surface area contributed by atoms with E-state index in [0.717, 1.165) is 30.6 Å². The first-order chi connectivity index (χ1) is 8.58. The molecule has 4 heteroatoms. The fourth-order valence-electron chi connectivity index (χ4n) is 2.77. The molecule has 0 radical (unpaired) electrons. The van der Waals surface area contributed by atoms with Crippen LogP contribution in [-0.4, -0.2) is 25.0 Å². The van der Waals surface area contributed by atoms with Gasteiger partial charge in [0.1, 0.15) is 11.3 Å². The summed E-state index contributed by atoms with van der Waals surface area (Å²) in [6, 6.07) is 3.77. The molecule has 1 aliphatic rings. The lowest BCUT2D eigenvalue weighted by atomic mass is 9.91. The molecule has 0 spiro atoms. The van der Waals surface area contributed by atoms with Crippen LogP contribution in [-0.2, 0) is 12.8 Å². The molecule has 1 unspecified atom stereocenters. The third kappa shape index (κ3) is 1.60. The van der Waals surface area contributed by atoms with Crippen LogP contribution in [0.15, 0.2) is 16.5 Å². The monoisotopic (exact) mass is 248 g/mol. The quantitative estimate of drug-likeness (QED) is 0.789. The highest BCUT2D eigenvalue weighted by molar-refractivity contribution is 5.86. The van der Waals surface area contributed by atoms with Gasteiger partial charge >= 0.3 is 0 Å². The molecule has 2 aromatic rings. The number of halogens is 1. The molecule has 1 aromatic carbocycles. The molecule has 0 saturated heterocycles. The molecule has 3 rings (SSSR count). The summed E-state index contributed by atoms with van der Waals surface area (Å²) in [5.41, 5.74) is 7.45. The van der Waals surface area contributed by atoms with Gasteiger partial charge in [0.15, 0.2) is 5.82 Å². The maximum Gasteiger partial charge on any atom is 0.157 e. The first kappa shape index (κ1) is 11.5. The minimum atomic E-state index is -0.336. The number of nitrogens with two attached hydrogens (primary N) is 1. The number of benzene rings is 1. The van der Waals surface area contributed by atoms with Crippen LogP contribution >= 0.6 is 0 Å². The van der Waals surface area contributed by atoms with Crippen molar-refractivity contribution in [3.05, 3.63) is 29.3 Å². The predicted octanol–water partition coefficient (Wildman–Crippen LogP) is 2.57. The molecule has 0 bridgehead atoms. The van der Waals surface area contributed by atoms with E-state index in [9.17, 15) is 4.39 Å². The maximum atomic E-state index is 14.1. The normalized spacial score (nSPS) is 19.4. The summed E-state index contributed by atoms with van der Waals surface area (Å²) in [5.74, 6) is 0.588. The van der Waals surface area contributed by atoms with E-state index in [0.29, 0.717) is 17.0 Å². The molecule has 0 saturated carbocycles. The second-order valence-corrected chi connectivity index (χ2v) is 5.21. The van der Waals surface area contributed by atoms with Gasteiger partial charge in [0.2, 0.25) is 0 Å². The molecule has 0 fully saturated rings. The van der Waals surface area contributed by atoms with Crippen LogP contribution in [0.1, 0.15) is 17.7 Å². The highest BCUT2D eigenvalue weighted by Crippen LogP contribution is 2.36. The number of rotatable bonds is 1. The van der Waals surface area contributed by atoms with Gasteiger partial charge in [0, 0.05) is 18.0 Å². The first-order valence-electron chi connectivity index (χ1n) is 6.22. The summed E-state index contributed by atoms with van der Waals surface area (Å²) >= 11 is 0. The smallest absolute Gasteiger partial charge is 0.157 e. The van der Waals surface area contributed by atoms with Crippen LogP contribution in [0.4, 0.5) is 10.1 Å². The minimum absolute atomic E-state index is 0.193. The van der Waals surface area contributed by atoms with Gasteiger partial charge in [-0.25, -0.2) is 4.39 Å². The zero-order chi connectivity index (χ0) is 12.9. The van der Waals surface area contributed by atoms with Crippen LogP contribution in [0.25, 0.3) is 11.0 Å². The van der Waals surface area contributed by atoms with Crippen molar-refractivity contribution in [3.8, 4) is 0 Å². The Morgan fingerprint density at radius 1 is 1.39 bits per heavy atom. The van der Waals surface area contributed by atoms with Crippen LogP contribution in [0.2, 0.25) is 0 Å². The number of fused-ring (bicyclic) bond motifs is 3. The Morgan fingerprint density at radius 3 is 2.89 bits per heavy atom. The highest BCUT2D eigenvalue weighted by atomic mass is 19.1. The van der Waals surface area contributed by atoms with Crippen molar-refractivity contribution in [3.63, 3.8) is 0 Å². The van der Waals surface area contributed by atoms with E-state index in [1.807, 2.05) is 0 Å².